The van der Waals surface area contributed by atoms with Crippen LogP contribution in [0, 0.1) is 0 Å². The molecule has 0 N–H and O–H groups in total. The van der Waals surface area contributed by atoms with E-state index in [1.807, 2.05) is 6.92 Å². The Morgan fingerprint density at radius 2 is 2.00 bits per heavy atom. The number of imidazole rings is 1. The standard InChI is InChI=1S/C9H10BrClN4O2/c1-3-14-5-6(12-8(14)11)15(4-10)9(17)13(2)7(5)16/h3-4H2,1-2H3. The van der Waals surface area contributed by atoms with E-state index in [0.717, 1.165) is 4.57 Å². The number of fused-ring (bicyclic) bond motifs is 1. The molecule has 0 bridgehead atoms. The first kappa shape index (κ1) is 12.4. The minimum absolute atomic E-state index is 0.208. The van der Waals surface area contributed by atoms with Gasteiger partial charge < -0.3 is 4.57 Å². The average molecular weight is 322 g/mol. The Kier molecular flexibility index (Phi) is 3.13. The van der Waals surface area contributed by atoms with Gasteiger partial charge in [0.2, 0.25) is 5.28 Å². The fourth-order valence-corrected chi connectivity index (χ4v) is 2.46. The lowest BCUT2D eigenvalue weighted by atomic mass is 10.5. The van der Waals surface area contributed by atoms with Crippen LogP contribution in [0.1, 0.15) is 6.92 Å². The summed E-state index contributed by atoms with van der Waals surface area (Å²) in [5, 5.41) is 0.208. The van der Waals surface area contributed by atoms with Crippen LogP contribution in [0.5, 0.6) is 0 Å². The second kappa shape index (κ2) is 4.30. The molecule has 0 atom stereocenters. The molecular formula is C9H10BrClN4O2. The second-order valence-corrected chi connectivity index (χ2v) is 4.33. The van der Waals surface area contributed by atoms with Crippen molar-refractivity contribution in [2.24, 2.45) is 7.05 Å². The van der Waals surface area contributed by atoms with E-state index in [-0.39, 0.29) is 16.3 Å². The number of nitrogens with zero attached hydrogens (tertiary/aromatic N) is 4. The van der Waals surface area contributed by atoms with Gasteiger partial charge in [0.15, 0.2) is 11.2 Å². The third-order valence-electron chi connectivity index (χ3n) is 2.62. The van der Waals surface area contributed by atoms with E-state index in [1.54, 1.807) is 4.57 Å². The number of aryl methyl sites for hydroxylation is 1. The van der Waals surface area contributed by atoms with Gasteiger partial charge in [0.1, 0.15) is 0 Å². The van der Waals surface area contributed by atoms with E-state index in [4.69, 9.17) is 11.6 Å². The fraction of sp³-hybridized carbons (Fsp3) is 0.444. The van der Waals surface area contributed by atoms with Crippen LogP contribution in [-0.4, -0.2) is 18.7 Å². The molecule has 0 spiro atoms. The zero-order chi connectivity index (χ0) is 12.7. The van der Waals surface area contributed by atoms with Crippen LogP contribution in [0.2, 0.25) is 5.28 Å². The molecular weight excluding hydrogens is 311 g/mol. The molecule has 0 radical (unpaired) electrons. The molecule has 2 heterocycles. The summed E-state index contributed by atoms with van der Waals surface area (Å²) in [5.74, 6) is 0. The van der Waals surface area contributed by atoms with E-state index >= 15 is 0 Å². The number of hydrogen-bond donors (Lipinski definition) is 0. The number of rotatable bonds is 2. The quantitative estimate of drug-likeness (QED) is 0.610. The first-order chi connectivity index (χ1) is 8.02. The van der Waals surface area contributed by atoms with Gasteiger partial charge >= 0.3 is 5.69 Å². The van der Waals surface area contributed by atoms with Crippen molar-refractivity contribution in [3.63, 3.8) is 0 Å². The molecule has 2 rings (SSSR count). The van der Waals surface area contributed by atoms with Gasteiger partial charge in [0.25, 0.3) is 5.56 Å². The zero-order valence-corrected chi connectivity index (χ0v) is 11.6. The van der Waals surface area contributed by atoms with Crippen molar-refractivity contribution in [1.82, 2.24) is 18.7 Å². The monoisotopic (exact) mass is 320 g/mol. The Hall–Kier alpha value is -1.08. The molecule has 8 heteroatoms. The van der Waals surface area contributed by atoms with E-state index in [9.17, 15) is 9.59 Å². The minimum atomic E-state index is -0.420. The summed E-state index contributed by atoms with van der Waals surface area (Å²) in [7, 11) is 1.43. The highest BCUT2D eigenvalue weighted by Gasteiger charge is 2.17. The van der Waals surface area contributed by atoms with Crippen molar-refractivity contribution < 1.29 is 0 Å². The number of hydrogen-bond acceptors (Lipinski definition) is 3. The Morgan fingerprint density at radius 3 is 2.53 bits per heavy atom. The van der Waals surface area contributed by atoms with Crippen molar-refractivity contribution in [2.75, 3.05) is 0 Å². The first-order valence-corrected chi connectivity index (χ1v) is 6.44. The highest BCUT2D eigenvalue weighted by atomic mass is 79.9. The molecule has 0 aliphatic heterocycles. The van der Waals surface area contributed by atoms with E-state index < -0.39 is 5.69 Å². The normalized spacial score (nSPS) is 11.3. The lowest BCUT2D eigenvalue weighted by molar-refractivity contribution is 0.696. The van der Waals surface area contributed by atoms with Crippen LogP contribution in [0.4, 0.5) is 0 Å². The van der Waals surface area contributed by atoms with E-state index in [1.165, 1.54) is 11.6 Å². The SMILES string of the molecule is CCn1c(Cl)nc2c1c(=O)n(C)c(=O)n2CBr. The molecule has 0 saturated heterocycles. The maximum Gasteiger partial charge on any atom is 0.333 e. The number of alkyl halides is 1. The number of aromatic nitrogens is 4. The third kappa shape index (κ3) is 1.64. The van der Waals surface area contributed by atoms with Crippen LogP contribution in [0.15, 0.2) is 9.59 Å². The zero-order valence-electron chi connectivity index (χ0n) is 9.28. The van der Waals surface area contributed by atoms with Crippen molar-refractivity contribution in [2.45, 2.75) is 18.9 Å². The van der Waals surface area contributed by atoms with Crippen LogP contribution in [0.25, 0.3) is 11.2 Å². The fourth-order valence-electron chi connectivity index (χ4n) is 1.73. The summed E-state index contributed by atoms with van der Waals surface area (Å²) < 4.78 is 3.99. The Labute approximate surface area is 110 Å². The lowest BCUT2D eigenvalue weighted by Crippen LogP contribution is -2.38. The third-order valence-corrected chi connectivity index (χ3v) is 3.41. The van der Waals surface area contributed by atoms with Crippen molar-refractivity contribution >= 4 is 38.7 Å². The molecule has 2 aromatic heterocycles. The predicted molar refractivity (Wildman–Crippen MR) is 68.8 cm³/mol. The van der Waals surface area contributed by atoms with Gasteiger partial charge in [-0.15, -0.1) is 0 Å². The summed E-state index contributed by atoms with van der Waals surface area (Å²) in [4.78, 5) is 27.9. The molecule has 17 heavy (non-hydrogen) atoms. The van der Waals surface area contributed by atoms with Gasteiger partial charge in [0, 0.05) is 13.6 Å². The van der Waals surface area contributed by atoms with Crippen LogP contribution >= 0.6 is 27.5 Å². The molecule has 0 saturated carbocycles. The molecule has 6 nitrogen and oxygen atoms in total. The van der Waals surface area contributed by atoms with Crippen molar-refractivity contribution in [3.05, 3.63) is 26.1 Å². The minimum Gasteiger partial charge on any atom is -0.309 e. The molecule has 2 aromatic rings. The van der Waals surface area contributed by atoms with Gasteiger partial charge in [-0.25, -0.2) is 4.79 Å². The van der Waals surface area contributed by atoms with Gasteiger partial charge in [0.05, 0.1) is 5.45 Å². The van der Waals surface area contributed by atoms with E-state index in [0.29, 0.717) is 17.7 Å². The molecule has 0 aliphatic rings. The van der Waals surface area contributed by atoms with E-state index in [2.05, 4.69) is 20.9 Å². The van der Waals surface area contributed by atoms with Crippen molar-refractivity contribution in [3.8, 4) is 0 Å². The Bertz CT molecular complexity index is 700. The van der Waals surface area contributed by atoms with Gasteiger partial charge in [-0.3, -0.25) is 13.9 Å². The van der Waals surface area contributed by atoms with Crippen molar-refractivity contribution in [1.29, 1.82) is 0 Å². The molecule has 0 aliphatic carbocycles. The Morgan fingerprint density at radius 1 is 1.35 bits per heavy atom. The summed E-state index contributed by atoms with van der Waals surface area (Å²) in [6.45, 7) is 2.38. The lowest BCUT2D eigenvalue weighted by Gasteiger charge is -2.06. The maximum absolute atomic E-state index is 12.0. The summed E-state index contributed by atoms with van der Waals surface area (Å²) in [5.41, 5.74) is 0.106. The number of halogens is 2. The molecule has 0 amide bonds. The molecule has 0 unspecified atom stereocenters. The highest BCUT2D eigenvalue weighted by Crippen LogP contribution is 2.15. The summed E-state index contributed by atoms with van der Waals surface area (Å²) in [6.07, 6.45) is 0. The summed E-state index contributed by atoms with van der Waals surface area (Å²) >= 11 is 9.15. The molecule has 0 fully saturated rings. The Balaban J connectivity index is 3.12. The van der Waals surface area contributed by atoms with Crippen LogP contribution in [0.3, 0.4) is 0 Å². The molecule has 0 aromatic carbocycles. The highest BCUT2D eigenvalue weighted by molar-refractivity contribution is 9.08. The van der Waals surface area contributed by atoms with Crippen LogP contribution in [-0.2, 0) is 19.0 Å². The smallest absolute Gasteiger partial charge is 0.309 e. The second-order valence-electron chi connectivity index (χ2n) is 3.49. The van der Waals surface area contributed by atoms with Gasteiger partial charge in [-0.1, -0.05) is 15.9 Å². The summed E-state index contributed by atoms with van der Waals surface area (Å²) in [6, 6.07) is 0. The van der Waals surface area contributed by atoms with Crippen LogP contribution < -0.4 is 11.2 Å². The first-order valence-electron chi connectivity index (χ1n) is 4.94. The predicted octanol–water partition coefficient (Wildman–Crippen LogP) is 0.922. The van der Waals surface area contributed by atoms with Gasteiger partial charge in [-0.2, -0.15) is 4.98 Å². The van der Waals surface area contributed by atoms with Gasteiger partial charge in [-0.05, 0) is 18.5 Å². The average Bonchev–Trinajstić information content (AvgIpc) is 2.63. The largest absolute Gasteiger partial charge is 0.333 e. The topological polar surface area (TPSA) is 61.8 Å². The maximum atomic E-state index is 12.0. The molecule has 92 valence electrons.